The fraction of sp³-hybridized carbons (Fsp3) is 0.467. The summed E-state index contributed by atoms with van der Waals surface area (Å²) in [4.78, 5) is 24.0. The van der Waals surface area contributed by atoms with E-state index in [2.05, 4.69) is 10.6 Å². The molecule has 1 aromatic carbocycles. The van der Waals surface area contributed by atoms with Crippen LogP contribution in [0.2, 0.25) is 0 Å². The van der Waals surface area contributed by atoms with Crippen LogP contribution in [0.1, 0.15) is 36.5 Å². The van der Waals surface area contributed by atoms with Crippen molar-refractivity contribution in [2.45, 2.75) is 32.2 Å². The zero-order chi connectivity index (χ0) is 14.4. The first kappa shape index (κ1) is 14.5. The predicted molar refractivity (Wildman–Crippen MR) is 76.7 cm³/mol. The van der Waals surface area contributed by atoms with Crippen molar-refractivity contribution in [3.8, 4) is 0 Å². The second-order valence-electron chi connectivity index (χ2n) is 4.76. The lowest BCUT2D eigenvalue weighted by molar-refractivity contribution is -0.118. The van der Waals surface area contributed by atoms with E-state index in [1.54, 1.807) is 31.2 Å². The number of amides is 1. The number of rotatable bonds is 4. The molecule has 108 valence electrons. The number of carbonyl (C=O) groups excluding carboxylic acids is 2. The molecule has 1 amide bonds. The Hall–Kier alpha value is -1.88. The minimum Gasteiger partial charge on any atom is -0.462 e. The number of hydrogen-bond donors (Lipinski definition) is 2. The minimum atomic E-state index is -0.417. The Kier molecular flexibility index (Phi) is 5.12. The number of esters is 1. The van der Waals surface area contributed by atoms with E-state index in [4.69, 9.17) is 4.74 Å². The summed E-state index contributed by atoms with van der Waals surface area (Å²) < 4.78 is 4.99. The van der Waals surface area contributed by atoms with E-state index in [0.29, 0.717) is 17.9 Å². The average molecular weight is 276 g/mol. The Bertz CT molecular complexity index is 482. The number of carbonyl (C=O) groups is 2. The molecule has 1 atom stereocenters. The molecule has 0 bridgehead atoms. The summed E-state index contributed by atoms with van der Waals surface area (Å²) in [5.41, 5.74) is 0.891. The highest BCUT2D eigenvalue weighted by molar-refractivity contribution is 6.02. The predicted octanol–water partition coefficient (Wildman–Crippen LogP) is 1.94. The lowest BCUT2D eigenvalue weighted by atomic mass is 10.0. The summed E-state index contributed by atoms with van der Waals surface area (Å²) in [6.45, 7) is 2.92. The standard InChI is InChI=1S/C15H20N2O3/c1-2-20-15(19)11-7-3-4-8-12(11)17-14(18)13-9-5-6-10-16-13/h3-4,7-8,13,16H,2,5-6,9-10H2,1H3,(H,17,18). The van der Waals surface area contributed by atoms with Crippen LogP contribution in [0.5, 0.6) is 0 Å². The second-order valence-corrected chi connectivity index (χ2v) is 4.76. The fourth-order valence-electron chi connectivity index (χ4n) is 2.27. The Morgan fingerprint density at radius 1 is 1.35 bits per heavy atom. The number of ether oxygens (including phenoxy) is 1. The monoisotopic (exact) mass is 276 g/mol. The molecule has 1 unspecified atom stereocenters. The largest absolute Gasteiger partial charge is 0.462 e. The van der Waals surface area contributed by atoms with Gasteiger partial charge in [-0.3, -0.25) is 4.79 Å². The number of benzene rings is 1. The average Bonchev–Trinajstić information content (AvgIpc) is 2.49. The minimum absolute atomic E-state index is 0.0959. The van der Waals surface area contributed by atoms with Crippen molar-refractivity contribution < 1.29 is 14.3 Å². The molecule has 1 aromatic rings. The topological polar surface area (TPSA) is 67.4 Å². The first-order valence-corrected chi connectivity index (χ1v) is 7.02. The lowest BCUT2D eigenvalue weighted by Crippen LogP contribution is -2.43. The molecule has 5 nitrogen and oxygen atoms in total. The first-order valence-electron chi connectivity index (χ1n) is 7.02. The summed E-state index contributed by atoms with van der Waals surface area (Å²) >= 11 is 0. The number of nitrogens with one attached hydrogen (secondary N) is 2. The van der Waals surface area contributed by atoms with E-state index in [1.165, 1.54) is 0 Å². The van der Waals surface area contributed by atoms with Crippen LogP contribution in [0.15, 0.2) is 24.3 Å². The normalized spacial score (nSPS) is 18.4. The van der Waals surface area contributed by atoms with Crippen molar-refractivity contribution in [1.82, 2.24) is 5.32 Å². The summed E-state index contributed by atoms with van der Waals surface area (Å²) in [5.74, 6) is -0.513. The van der Waals surface area contributed by atoms with Gasteiger partial charge in [-0.25, -0.2) is 4.79 Å². The van der Waals surface area contributed by atoms with Gasteiger partial charge in [0.05, 0.1) is 23.9 Å². The molecule has 1 aliphatic heterocycles. The van der Waals surface area contributed by atoms with Crippen LogP contribution in [-0.4, -0.2) is 31.1 Å². The van der Waals surface area contributed by atoms with Crippen molar-refractivity contribution >= 4 is 17.6 Å². The smallest absolute Gasteiger partial charge is 0.340 e. The number of piperidine rings is 1. The number of anilines is 1. The molecule has 1 heterocycles. The lowest BCUT2D eigenvalue weighted by Gasteiger charge is -2.23. The molecule has 1 aliphatic rings. The van der Waals surface area contributed by atoms with Crippen molar-refractivity contribution in [3.05, 3.63) is 29.8 Å². The molecule has 20 heavy (non-hydrogen) atoms. The van der Waals surface area contributed by atoms with Crippen LogP contribution >= 0.6 is 0 Å². The van der Waals surface area contributed by atoms with Gasteiger partial charge in [-0.05, 0) is 38.4 Å². The van der Waals surface area contributed by atoms with Crippen molar-refractivity contribution in [1.29, 1.82) is 0 Å². The summed E-state index contributed by atoms with van der Waals surface area (Å²) in [6, 6.07) is 6.72. The molecule has 0 radical (unpaired) electrons. The van der Waals surface area contributed by atoms with Gasteiger partial charge in [0, 0.05) is 0 Å². The molecule has 2 N–H and O–H groups in total. The Balaban J connectivity index is 2.08. The SMILES string of the molecule is CCOC(=O)c1ccccc1NC(=O)C1CCCCN1. The maximum Gasteiger partial charge on any atom is 0.340 e. The van der Waals surface area contributed by atoms with E-state index >= 15 is 0 Å². The molecule has 5 heteroatoms. The summed E-state index contributed by atoms with van der Waals surface area (Å²) in [6.07, 6.45) is 2.97. The molecule has 1 fully saturated rings. The molecular weight excluding hydrogens is 256 g/mol. The Morgan fingerprint density at radius 3 is 2.85 bits per heavy atom. The maximum atomic E-state index is 12.2. The van der Waals surface area contributed by atoms with Gasteiger partial charge < -0.3 is 15.4 Å². The van der Waals surface area contributed by atoms with Crippen LogP contribution in [0.4, 0.5) is 5.69 Å². The molecule has 1 saturated heterocycles. The van der Waals surface area contributed by atoms with Gasteiger partial charge in [-0.15, -0.1) is 0 Å². The van der Waals surface area contributed by atoms with Crippen LogP contribution < -0.4 is 10.6 Å². The summed E-state index contributed by atoms with van der Waals surface area (Å²) in [5, 5.41) is 6.00. The third kappa shape index (κ3) is 3.57. The van der Waals surface area contributed by atoms with Gasteiger partial charge in [-0.2, -0.15) is 0 Å². The third-order valence-corrected chi connectivity index (χ3v) is 3.31. The second kappa shape index (κ2) is 7.05. The summed E-state index contributed by atoms with van der Waals surface area (Å²) in [7, 11) is 0. The maximum absolute atomic E-state index is 12.2. The van der Waals surface area contributed by atoms with Gasteiger partial charge in [0.2, 0.25) is 5.91 Å². The molecular formula is C15H20N2O3. The van der Waals surface area contributed by atoms with Gasteiger partial charge in [-0.1, -0.05) is 18.6 Å². The zero-order valence-electron chi connectivity index (χ0n) is 11.6. The number of para-hydroxylation sites is 1. The third-order valence-electron chi connectivity index (χ3n) is 3.31. The van der Waals surface area contributed by atoms with E-state index in [1.807, 2.05) is 0 Å². The van der Waals surface area contributed by atoms with Crippen molar-refractivity contribution in [2.75, 3.05) is 18.5 Å². The highest BCUT2D eigenvalue weighted by Gasteiger charge is 2.22. The first-order chi connectivity index (χ1) is 9.72. The van der Waals surface area contributed by atoms with Crippen LogP contribution in [0, 0.1) is 0 Å². The van der Waals surface area contributed by atoms with Crippen LogP contribution in [-0.2, 0) is 9.53 Å². The van der Waals surface area contributed by atoms with Gasteiger partial charge >= 0.3 is 5.97 Å². The van der Waals surface area contributed by atoms with Crippen molar-refractivity contribution in [2.24, 2.45) is 0 Å². The molecule has 0 spiro atoms. The highest BCUT2D eigenvalue weighted by Crippen LogP contribution is 2.17. The molecule has 0 aliphatic carbocycles. The fourth-order valence-corrected chi connectivity index (χ4v) is 2.27. The quantitative estimate of drug-likeness (QED) is 0.825. The molecule has 0 saturated carbocycles. The van der Waals surface area contributed by atoms with Gasteiger partial charge in [0.15, 0.2) is 0 Å². The molecule has 0 aromatic heterocycles. The van der Waals surface area contributed by atoms with Crippen molar-refractivity contribution in [3.63, 3.8) is 0 Å². The van der Waals surface area contributed by atoms with E-state index in [9.17, 15) is 9.59 Å². The van der Waals surface area contributed by atoms with Crippen LogP contribution in [0.25, 0.3) is 0 Å². The van der Waals surface area contributed by atoms with E-state index in [0.717, 1.165) is 25.8 Å². The van der Waals surface area contributed by atoms with Gasteiger partial charge in [0.25, 0.3) is 0 Å². The van der Waals surface area contributed by atoms with E-state index in [-0.39, 0.29) is 11.9 Å². The Morgan fingerprint density at radius 2 is 2.15 bits per heavy atom. The van der Waals surface area contributed by atoms with Crippen LogP contribution in [0.3, 0.4) is 0 Å². The zero-order valence-corrected chi connectivity index (χ0v) is 11.6. The highest BCUT2D eigenvalue weighted by atomic mass is 16.5. The Labute approximate surface area is 118 Å². The van der Waals surface area contributed by atoms with E-state index < -0.39 is 5.97 Å². The van der Waals surface area contributed by atoms with Gasteiger partial charge in [0.1, 0.15) is 0 Å². The molecule has 2 rings (SSSR count). The number of hydrogen-bond acceptors (Lipinski definition) is 4.